The zero-order valence-electron chi connectivity index (χ0n) is 16.4. The van der Waals surface area contributed by atoms with E-state index in [9.17, 15) is 14.3 Å². The van der Waals surface area contributed by atoms with Crippen molar-refractivity contribution in [2.75, 3.05) is 0 Å². The SMILES string of the molecule is Cc1cc(F)c(C(=O)N[C@H]2CCC[C@@H]2O)cc1Cc1ccc(N=CC=CN)cc1. The van der Waals surface area contributed by atoms with Crippen LogP contribution in [0.25, 0.3) is 0 Å². The minimum absolute atomic E-state index is 0.0134. The molecule has 1 amide bonds. The highest BCUT2D eigenvalue weighted by Crippen LogP contribution is 2.23. The molecule has 6 heteroatoms. The van der Waals surface area contributed by atoms with Gasteiger partial charge in [0, 0.05) is 6.21 Å². The Bertz CT molecular complexity index is 922. The molecule has 5 nitrogen and oxygen atoms in total. The second-order valence-electron chi connectivity index (χ2n) is 7.34. The van der Waals surface area contributed by atoms with E-state index in [0.29, 0.717) is 19.3 Å². The number of hydrogen-bond donors (Lipinski definition) is 3. The zero-order chi connectivity index (χ0) is 20.8. The van der Waals surface area contributed by atoms with E-state index in [2.05, 4.69) is 10.3 Å². The molecule has 1 aliphatic rings. The fourth-order valence-electron chi connectivity index (χ4n) is 3.54. The molecule has 2 atom stereocenters. The quantitative estimate of drug-likeness (QED) is 0.654. The van der Waals surface area contributed by atoms with Crippen LogP contribution in [-0.4, -0.2) is 29.4 Å². The maximum absolute atomic E-state index is 14.4. The molecule has 0 heterocycles. The van der Waals surface area contributed by atoms with E-state index in [1.165, 1.54) is 12.3 Å². The first kappa shape index (κ1) is 20.7. The van der Waals surface area contributed by atoms with Crippen molar-refractivity contribution < 1.29 is 14.3 Å². The van der Waals surface area contributed by atoms with E-state index >= 15 is 0 Å². The van der Waals surface area contributed by atoms with Gasteiger partial charge in [-0.3, -0.25) is 9.79 Å². The second-order valence-corrected chi connectivity index (χ2v) is 7.34. The molecule has 0 radical (unpaired) electrons. The van der Waals surface area contributed by atoms with E-state index in [4.69, 9.17) is 5.73 Å². The number of nitrogens with two attached hydrogens (primary N) is 1. The summed E-state index contributed by atoms with van der Waals surface area (Å²) in [5.41, 5.74) is 8.79. The highest BCUT2D eigenvalue weighted by Gasteiger charge is 2.27. The van der Waals surface area contributed by atoms with Gasteiger partial charge in [0.15, 0.2) is 0 Å². The Morgan fingerprint density at radius 1 is 1.31 bits per heavy atom. The molecule has 1 fully saturated rings. The Morgan fingerprint density at radius 2 is 2.07 bits per heavy atom. The predicted octanol–water partition coefficient (Wildman–Crippen LogP) is 3.54. The number of allylic oxidation sites excluding steroid dienone is 1. The molecule has 0 aromatic heterocycles. The van der Waals surface area contributed by atoms with Gasteiger partial charge in [0.05, 0.1) is 23.4 Å². The number of carbonyl (C=O) groups is 1. The maximum atomic E-state index is 14.4. The van der Waals surface area contributed by atoms with Crippen LogP contribution >= 0.6 is 0 Å². The molecule has 3 rings (SSSR count). The van der Waals surface area contributed by atoms with Crippen LogP contribution in [0, 0.1) is 12.7 Å². The van der Waals surface area contributed by atoms with E-state index in [1.54, 1.807) is 18.4 Å². The number of aryl methyl sites for hydroxylation is 1. The Morgan fingerprint density at radius 3 is 2.72 bits per heavy atom. The van der Waals surface area contributed by atoms with Crippen molar-refractivity contribution in [2.24, 2.45) is 10.7 Å². The second kappa shape index (κ2) is 9.47. The normalized spacial score (nSPS) is 19.3. The number of amides is 1. The van der Waals surface area contributed by atoms with E-state index < -0.39 is 17.8 Å². The summed E-state index contributed by atoms with van der Waals surface area (Å²) in [6, 6.07) is 10.4. The first-order valence-corrected chi connectivity index (χ1v) is 9.75. The monoisotopic (exact) mass is 395 g/mol. The molecule has 1 saturated carbocycles. The average Bonchev–Trinajstić information content (AvgIpc) is 3.10. The number of halogens is 1. The van der Waals surface area contributed by atoms with Gasteiger partial charge in [-0.2, -0.15) is 0 Å². The molecule has 1 aliphatic carbocycles. The van der Waals surface area contributed by atoms with Gasteiger partial charge in [-0.1, -0.05) is 12.1 Å². The third kappa shape index (κ3) is 5.29. The summed E-state index contributed by atoms with van der Waals surface area (Å²) in [5.74, 6) is -1.03. The van der Waals surface area contributed by atoms with Crippen LogP contribution in [0.5, 0.6) is 0 Å². The maximum Gasteiger partial charge on any atom is 0.254 e. The topological polar surface area (TPSA) is 87.7 Å². The summed E-state index contributed by atoms with van der Waals surface area (Å²) in [6.45, 7) is 1.83. The molecule has 152 valence electrons. The fraction of sp³-hybridized carbons (Fsp3) is 0.304. The minimum Gasteiger partial charge on any atom is -0.405 e. The molecule has 2 aromatic carbocycles. The van der Waals surface area contributed by atoms with Gasteiger partial charge in [-0.25, -0.2) is 4.39 Å². The summed E-state index contributed by atoms with van der Waals surface area (Å²) < 4.78 is 14.4. The minimum atomic E-state index is -0.562. The van der Waals surface area contributed by atoms with Gasteiger partial charge >= 0.3 is 0 Å². The molecule has 4 N–H and O–H groups in total. The van der Waals surface area contributed by atoms with Crippen molar-refractivity contribution in [3.05, 3.63) is 76.7 Å². The Labute approximate surface area is 170 Å². The van der Waals surface area contributed by atoms with Gasteiger partial charge < -0.3 is 16.2 Å². The standard InChI is InChI=1S/C23H26FN3O2/c1-15-12-20(24)19(23(29)27-21-4-2-5-22(21)28)14-17(15)13-16-6-8-18(9-7-16)26-11-3-10-25/h3,6-12,14,21-22,28H,2,4-5,13,25H2,1H3,(H,27,29)/t21-,22-/m0/s1. The number of benzene rings is 2. The van der Waals surface area contributed by atoms with Gasteiger partial charge in [-0.05, 0) is 85.8 Å². The molecule has 0 bridgehead atoms. The van der Waals surface area contributed by atoms with Crippen molar-refractivity contribution in [1.29, 1.82) is 0 Å². The van der Waals surface area contributed by atoms with Crippen LogP contribution in [0.2, 0.25) is 0 Å². The summed E-state index contributed by atoms with van der Waals surface area (Å²) in [4.78, 5) is 16.8. The van der Waals surface area contributed by atoms with Crippen molar-refractivity contribution in [3.63, 3.8) is 0 Å². The lowest BCUT2D eigenvalue weighted by Crippen LogP contribution is -2.40. The smallest absolute Gasteiger partial charge is 0.254 e. The lowest BCUT2D eigenvalue weighted by Gasteiger charge is -2.17. The molecule has 2 aromatic rings. The number of aliphatic hydroxyl groups is 1. The van der Waals surface area contributed by atoms with Gasteiger partial charge in [-0.15, -0.1) is 0 Å². The fourth-order valence-corrected chi connectivity index (χ4v) is 3.54. The Balaban J connectivity index is 1.75. The van der Waals surface area contributed by atoms with Crippen LogP contribution in [-0.2, 0) is 6.42 Å². The van der Waals surface area contributed by atoms with Gasteiger partial charge in [0.2, 0.25) is 0 Å². The van der Waals surface area contributed by atoms with E-state index in [1.807, 2.05) is 31.2 Å². The van der Waals surface area contributed by atoms with Crippen LogP contribution in [0.15, 0.2) is 53.7 Å². The van der Waals surface area contributed by atoms with Crippen LogP contribution in [0.1, 0.15) is 46.3 Å². The average molecular weight is 395 g/mol. The molecule has 29 heavy (non-hydrogen) atoms. The lowest BCUT2D eigenvalue weighted by atomic mass is 9.97. The highest BCUT2D eigenvalue weighted by atomic mass is 19.1. The number of nitrogens with zero attached hydrogens (tertiary/aromatic N) is 1. The number of rotatable bonds is 6. The first-order chi connectivity index (χ1) is 14.0. The molecular formula is C23H26FN3O2. The van der Waals surface area contributed by atoms with E-state index in [0.717, 1.165) is 28.8 Å². The molecule has 0 aliphatic heterocycles. The largest absolute Gasteiger partial charge is 0.405 e. The van der Waals surface area contributed by atoms with Crippen LogP contribution in [0.4, 0.5) is 10.1 Å². The van der Waals surface area contributed by atoms with Crippen LogP contribution < -0.4 is 11.1 Å². The molecule has 0 saturated heterocycles. The lowest BCUT2D eigenvalue weighted by molar-refractivity contribution is 0.0869. The Hall–Kier alpha value is -2.99. The van der Waals surface area contributed by atoms with Gasteiger partial charge in [0.25, 0.3) is 5.91 Å². The predicted molar refractivity (Wildman–Crippen MR) is 113 cm³/mol. The number of aliphatic hydroxyl groups excluding tert-OH is 1. The molecule has 0 spiro atoms. The third-order valence-electron chi connectivity index (χ3n) is 5.22. The zero-order valence-corrected chi connectivity index (χ0v) is 16.4. The summed E-state index contributed by atoms with van der Waals surface area (Å²) >= 11 is 0. The highest BCUT2D eigenvalue weighted by molar-refractivity contribution is 5.95. The van der Waals surface area contributed by atoms with Gasteiger partial charge in [0.1, 0.15) is 5.82 Å². The number of carbonyl (C=O) groups excluding carboxylic acids is 1. The molecule has 0 unspecified atom stereocenters. The van der Waals surface area contributed by atoms with E-state index in [-0.39, 0.29) is 11.6 Å². The van der Waals surface area contributed by atoms with Crippen molar-refractivity contribution in [1.82, 2.24) is 5.32 Å². The van der Waals surface area contributed by atoms with Crippen molar-refractivity contribution in [3.8, 4) is 0 Å². The number of aliphatic imine (C=N–C) groups is 1. The summed E-state index contributed by atoms with van der Waals surface area (Å²) in [7, 11) is 0. The van der Waals surface area contributed by atoms with Crippen LogP contribution in [0.3, 0.4) is 0 Å². The van der Waals surface area contributed by atoms with Crippen molar-refractivity contribution in [2.45, 2.75) is 44.8 Å². The third-order valence-corrected chi connectivity index (χ3v) is 5.22. The summed E-state index contributed by atoms with van der Waals surface area (Å²) in [5, 5.41) is 12.7. The first-order valence-electron chi connectivity index (χ1n) is 9.75. The number of hydrogen-bond acceptors (Lipinski definition) is 4. The Kier molecular flexibility index (Phi) is 6.77. The summed E-state index contributed by atoms with van der Waals surface area (Å²) in [6.07, 6.45) is 6.92. The molecular weight excluding hydrogens is 369 g/mol. The van der Waals surface area contributed by atoms with Crippen molar-refractivity contribution >= 4 is 17.8 Å². The number of nitrogens with one attached hydrogen (secondary N) is 1.